The van der Waals surface area contributed by atoms with Gasteiger partial charge in [-0.05, 0) is 36.6 Å². The second-order valence-corrected chi connectivity index (χ2v) is 7.91. The summed E-state index contributed by atoms with van der Waals surface area (Å²) in [5.74, 6) is -0.916. The van der Waals surface area contributed by atoms with Crippen LogP contribution >= 0.6 is 15.9 Å². The summed E-state index contributed by atoms with van der Waals surface area (Å²) in [5, 5.41) is 13.7. The van der Waals surface area contributed by atoms with Gasteiger partial charge >= 0.3 is 6.18 Å². The van der Waals surface area contributed by atoms with Crippen molar-refractivity contribution >= 4 is 33.3 Å². The first-order chi connectivity index (χ1) is 14.3. The summed E-state index contributed by atoms with van der Waals surface area (Å²) >= 11 is 3.46. The van der Waals surface area contributed by atoms with Crippen LogP contribution < -0.4 is 10.2 Å². The van der Waals surface area contributed by atoms with Crippen molar-refractivity contribution in [3.8, 4) is 0 Å². The fourth-order valence-electron chi connectivity index (χ4n) is 3.46. The topological polar surface area (TPSA) is 75.4 Å². The summed E-state index contributed by atoms with van der Waals surface area (Å²) in [6.07, 6.45) is -3.45. The van der Waals surface area contributed by atoms with Crippen molar-refractivity contribution in [3.63, 3.8) is 0 Å². The summed E-state index contributed by atoms with van der Waals surface area (Å²) in [6.45, 7) is 1.48. The van der Waals surface area contributed by atoms with Crippen molar-refractivity contribution in [3.05, 3.63) is 52.3 Å². The second-order valence-electron chi connectivity index (χ2n) is 7.05. The van der Waals surface area contributed by atoms with E-state index in [0.29, 0.717) is 42.8 Å². The second kappa shape index (κ2) is 8.21. The van der Waals surface area contributed by atoms with E-state index >= 15 is 0 Å². The van der Waals surface area contributed by atoms with Crippen LogP contribution in [0.25, 0.3) is 5.65 Å². The van der Waals surface area contributed by atoms with Crippen molar-refractivity contribution in [1.82, 2.24) is 25.1 Å². The minimum Gasteiger partial charge on any atom is -0.355 e. The summed E-state index contributed by atoms with van der Waals surface area (Å²) in [6, 6.07) is 10.8. The molecule has 1 amide bonds. The quantitative estimate of drug-likeness (QED) is 0.616. The molecule has 1 aliphatic heterocycles. The predicted octanol–water partition coefficient (Wildman–Crippen LogP) is 3.44. The van der Waals surface area contributed by atoms with E-state index in [1.807, 2.05) is 29.2 Å². The molecule has 1 N–H and O–H groups in total. The molecule has 0 aliphatic carbocycles. The van der Waals surface area contributed by atoms with E-state index < -0.39 is 12.0 Å². The van der Waals surface area contributed by atoms with Crippen LogP contribution in [-0.4, -0.2) is 38.8 Å². The number of benzene rings is 1. The number of carbonyl (C=O) groups is 1. The zero-order valence-electron chi connectivity index (χ0n) is 15.7. The van der Waals surface area contributed by atoms with Gasteiger partial charge in [-0.1, -0.05) is 34.1 Å². The first-order valence-corrected chi connectivity index (χ1v) is 10.2. The van der Waals surface area contributed by atoms with Gasteiger partial charge < -0.3 is 10.2 Å². The van der Waals surface area contributed by atoms with Gasteiger partial charge in [0.2, 0.25) is 5.91 Å². The van der Waals surface area contributed by atoms with Gasteiger partial charge in [0.05, 0.1) is 0 Å². The van der Waals surface area contributed by atoms with Crippen LogP contribution in [0, 0.1) is 5.92 Å². The zero-order chi connectivity index (χ0) is 21.3. The number of amides is 1. The van der Waals surface area contributed by atoms with Gasteiger partial charge in [0.1, 0.15) is 5.82 Å². The lowest BCUT2D eigenvalue weighted by molar-refractivity contribution is -0.146. The van der Waals surface area contributed by atoms with Gasteiger partial charge in [-0.2, -0.15) is 17.7 Å². The van der Waals surface area contributed by atoms with Gasteiger partial charge in [-0.25, -0.2) is 0 Å². The summed E-state index contributed by atoms with van der Waals surface area (Å²) in [7, 11) is 0. The number of nitrogens with zero attached hydrogens (tertiary/aromatic N) is 5. The number of hydrogen-bond acceptors (Lipinski definition) is 5. The highest BCUT2D eigenvalue weighted by Crippen LogP contribution is 2.28. The van der Waals surface area contributed by atoms with E-state index in [2.05, 4.69) is 36.5 Å². The van der Waals surface area contributed by atoms with E-state index in [9.17, 15) is 18.0 Å². The maximum atomic E-state index is 13.1. The molecular weight excluding hydrogens is 465 g/mol. The lowest BCUT2D eigenvalue weighted by Crippen LogP contribution is -2.40. The minimum atomic E-state index is -4.64. The number of anilines is 1. The van der Waals surface area contributed by atoms with E-state index in [0.717, 1.165) is 10.0 Å². The molecule has 30 heavy (non-hydrogen) atoms. The molecule has 0 spiro atoms. The largest absolute Gasteiger partial charge is 0.453 e. The summed E-state index contributed by atoms with van der Waals surface area (Å²) < 4.78 is 40.8. The van der Waals surface area contributed by atoms with Gasteiger partial charge in [-0.15, -0.1) is 15.3 Å². The Bertz CT molecular complexity index is 1060. The van der Waals surface area contributed by atoms with E-state index in [-0.39, 0.29) is 17.5 Å². The van der Waals surface area contributed by atoms with Gasteiger partial charge in [0.25, 0.3) is 5.82 Å². The fraction of sp³-hybridized carbons (Fsp3) is 0.368. The molecule has 3 heterocycles. The fourth-order valence-corrected chi connectivity index (χ4v) is 3.89. The normalized spacial score (nSPS) is 15.5. The lowest BCUT2D eigenvalue weighted by Gasteiger charge is -2.32. The molecule has 0 saturated carbocycles. The van der Waals surface area contributed by atoms with E-state index in [1.54, 1.807) is 6.07 Å². The molecule has 11 heteroatoms. The van der Waals surface area contributed by atoms with Crippen molar-refractivity contribution in [2.45, 2.75) is 25.6 Å². The molecule has 0 bridgehead atoms. The molecule has 0 radical (unpaired) electrons. The third-order valence-electron chi connectivity index (χ3n) is 5.10. The third kappa shape index (κ3) is 4.25. The van der Waals surface area contributed by atoms with Crippen molar-refractivity contribution in [2.24, 2.45) is 5.92 Å². The lowest BCUT2D eigenvalue weighted by atomic mass is 9.96. The highest BCUT2D eigenvalue weighted by Gasteiger charge is 2.38. The predicted molar refractivity (Wildman–Crippen MR) is 107 cm³/mol. The molecule has 2 aromatic heterocycles. The molecule has 1 fully saturated rings. The van der Waals surface area contributed by atoms with Crippen LogP contribution in [0.3, 0.4) is 0 Å². The van der Waals surface area contributed by atoms with Gasteiger partial charge in [-0.3, -0.25) is 4.79 Å². The van der Waals surface area contributed by atoms with Crippen molar-refractivity contribution in [2.75, 3.05) is 18.0 Å². The first-order valence-electron chi connectivity index (χ1n) is 9.38. The summed E-state index contributed by atoms with van der Waals surface area (Å²) in [5.41, 5.74) is 1.03. The van der Waals surface area contributed by atoms with Crippen LogP contribution in [0.15, 0.2) is 40.9 Å². The van der Waals surface area contributed by atoms with Crippen LogP contribution in [0.2, 0.25) is 0 Å². The Kier molecular flexibility index (Phi) is 5.63. The highest BCUT2D eigenvalue weighted by molar-refractivity contribution is 9.10. The van der Waals surface area contributed by atoms with Crippen LogP contribution in [0.5, 0.6) is 0 Å². The van der Waals surface area contributed by atoms with E-state index in [1.165, 1.54) is 6.07 Å². The van der Waals surface area contributed by atoms with Gasteiger partial charge in [0.15, 0.2) is 5.65 Å². The zero-order valence-corrected chi connectivity index (χ0v) is 17.3. The highest BCUT2D eigenvalue weighted by atomic mass is 79.9. The number of fused-ring (bicyclic) bond motifs is 1. The Morgan fingerprint density at radius 2 is 1.87 bits per heavy atom. The number of halogens is 4. The van der Waals surface area contributed by atoms with Crippen molar-refractivity contribution in [1.29, 1.82) is 0 Å². The van der Waals surface area contributed by atoms with Crippen LogP contribution in [-0.2, 0) is 17.5 Å². The Hall–Kier alpha value is -2.69. The Morgan fingerprint density at radius 1 is 1.13 bits per heavy atom. The maximum Gasteiger partial charge on any atom is 0.453 e. The molecule has 158 valence electrons. The molecule has 0 unspecified atom stereocenters. The number of hydrogen-bond donors (Lipinski definition) is 1. The molecule has 4 rings (SSSR count). The molecule has 1 saturated heterocycles. The number of rotatable bonds is 4. The van der Waals surface area contributed by atoms with Crippen LogP contribution in [0.1, 0.15) is 24.2 Å². The summed E-state index contributed by atoms with van der Waals surface area (Å²) in [4.78, 5) is 14.4. The number of carbonyl (C=O) groups excluding carboxylic acids is 1. The molecule has 0 atom stereocenters. The SMILES string of the molecule is O=C(NCc1ccccc1Br)C1CCN(c2ccc3nnc(C(F)(F)F)n3n2)CC1. The van der Waals surface area contributed by atoms with E-state index in [4.69, 9.17) is 0 Å². The molecule has 1 aromatic carbocycles. The van der Waals surface area contributed by atoms with Gasteiger partial charge in [0, 0.05) is 30.0 Å². The third-order valence-corrected chi connectivity index (χ3v) is 5.88. The molecule has 3 aromatic rings. The Morgan fingerprint density at radius 3 is 2.57 bits per heavy atom. The minimum absolute atomic E-state index is 0.0213. The number of aromatic nitrogens is 4. The monoisotopic (exact) mass is 482 g/mol. The van der Waals surface area contributed by atoms with Crippen LogP contribution in [0.4, 0.5) is 19.0 Å². The number of piperidine rings is 1. The standard InChI is InChI=1S/C19H18BrF3N6O/c20-14-4-2-1-3-13(14)11-24-17(30)12-7-9-28(10-8-12)16-6-5-15-25-26-18(19(21,22)23)29(15)27-16/h1-6,12H,7-11H2,(H,24,30). The average molecular weight is 483 g/mol. The Balaban J connectivity index is 1.38. The smallest absolute Gasteiger partial charge is 0.355 e. The average Bonchev–Trinajstić information content (AvgIpc) is 3.17. The maximum absolute atomic E-state index is 13.1. The molecule has 7 nitrogen and oxygen atoms in total. The number of alkyl halides is 3. The number of nitrogens with one attached hydrogen (secondary N) is 1. The molecular formula is C19H18BrF3N6O. The molecule has 1 aliphatic rings. The first kappa shape index (κ1) is 20.6. The Labute approximate surface area is 178 Å². The van der Waals surface area contributed by atoms with Crippen molar-refractivity contribution < 1.29 is 18.0 Å².